The zero-order chi connectivity index (χ0) is 14.0. The van der Waals surface area contributed by atoms with Crippen molar-refractivity contribution in [2.45, 2.75) is 6.92 Å². The number of nitrogens with one attached hydrogen (secondary N) is 2. The van der Waals surface area contributed by atoms with E-state index in [4.69, 9.17) is 10.5 Å². The van der Waals surface area contributed by atoms with Crippen LogP contribution in [-0.2, 0) is 0 Å². The van der Waals surface area contributed by atoms with Crippen LogP contribution in [0.1, 0.15) is 16.1 Å². The van der Waals surface area contributed by atoms with E-state index in [9.17, 15) is 9.18 Å². The molecule has 1 aromatic heterocycles. The van der Waals surface area contributed by atoms with Crippen LogP contribution < -0.4 is 15.8 Å². The summed E-state index contributed by atoms with van der Waals surface area (Å²) in [6.07, 6.45) is 0. The molecular weight excluding hydrogens is 251 g/mol. The summed E-state index contributed by atoms with van der Waals surface area (Å²) < 4.78 is 18.6. The number of carbonyl (C=O) groups is 1. The molecule has 1 heterocycles. The second kappa shape index (κ2) is 4.97. The van der Waals surface area contributed by atoms with Crippen molar-refractivity contribution < 1.29 is 13.9 Å². The Morgan fingerprint density at radius 3 is 2.79 bits per heavy atom. The summed E-state index contributed by atoms with van der Waals surface area (Å²) in [5.74, 6) is -0.789. The third-order valence-electron chi connectivity index (χ3n) is 2.65. The van der Waals surface area contributed by atoms with Crippen LogP contribution in [0.2, 0.25) is 0 Å². The van der Waals surface area contributed by atoms with E-state index in [-0.39, 0.29) is 11.4 Å². The van der Waals surface area contributed by atoms with Gasteiger partial charge in [-0.05, 0) is 19.1 Å². The van der Waals surface area contributed by atoms with Gasteiger partial charge in [-0.15, -0.1) is 0 Å². The van der Waals surface area contributed by atoms with E-state index in [0.717, 1.165) is 6.07 Å². The number of hydrogen-bond donors (Lipinski definition) is 3. The van der Waals surface area contributed by atoms with Crippen LogP contribution in [0.25, 0.3) is 0 Å². The van der Waals surface area contributed by atoms with E-state index in [1.54, 1.807) is 6.92 Å². The Hall–Kier alpha value is -2.57. The molecule has 7 heteroatoms. The predicted octanol–water partition coefficient (Wildman–Crippen LogP) is 1.70. The van der Waals surface area contributed by atoms with Crippen LogP contribution in [0.4, 0.5) is 15.9 Å². The van der Waals surface area contributed by atoms with Gasteiger partial charge in [0.05, 0.1) is 24.1 Å². The number of hydrogen-bond acceptors (Lipinski definition) is 4. The number of halogens is 1. The molecule has 0 spiro atoms. The number of nitrogen functional groups attached to an aromatic ring is 1. The fraction of sp³-hybridized carbons (Fsp3) is 0.167. The molecule has 6 nitrogen and oxygen atoms in total. The average molecular weight is 264 g/mol. The van der Waals surface area contributed by atoms with E-state index in [1.165, 1.54) is 19.2 Å². The summed E-state index contributed by atoms with van der Waals surface area (Å²) in [4.78, 5) is 11.9. The molecule has 0 aliphatic carbocycles. The van der Waals surface area contributed by atoms with Crippen LogP contribution in [0.5, 0.6) is 5.75 Å². The SMILES string of the molecule is COc1ccc(C(=O)Nc2n[nH]c(C)c2N)c(F)c1. The zero-order valence-electron chi connectivity index (χ0n) is 10.5. The van der Waals surface area contributed by atoms with Crippen molar-refractivity contribution in [2.75, 3.05) is 18.2 Å². The maximum absolute atomic E-state index is 13.7. The molecule has 19 heavy (non-hydrogen) atoms. The Bertz CT molecular complexity index is 624. The molecule has 100 valence electrons. The summed E-state index contributed by atoms with van der Waals surface area (Å²) in [7, 11) is 1.42. The lowest BCUT2D eigenvalue weighted by Gasteiger charge is -2.06. The topological polar surface area (TPSA) is 93.0 Å². The van der Waals surface area contributed by atoms with Crippen molar-refractivity contribution in [3.05, 3.63) is 35.3 Å². The van der Waals surface area contributed by atoms with E-state index in [1.807, 2.05) is 0 Å². The fourth-order valence-corrected chi connectivity index (χ4v) is 1.51. The second-order valence-electron chi connectivity index (χ2n) is 3.91. The number of benzene rings is 1. The third-order valence-corrected chi connectivity index (χ3v) is 2.65. The van der Waals surface area contributed by atoms with Crippen molar-refractivity contribution in [1.29, 1.82) is 0 Å². The largest absolute Gasteiger partial charge is 0.497 e. The second-order valence-corrected chi connectivity index (χ2v) is 3.91. The first-order valence-electron chi connectivity index (χ1n) is 5.48. The number of anilines is 2. The van der Waals surface area contributed by atoms with Gasteiger partial charge in [-0.25, -0.2) is 4.39 Å². The molecule has 0 saturated carbocycles. The van der Waals surface area contributed by atoms with E-state index < -0.39 is 11.7 Å². The van der Waals surface area contributed by atoms with E-state index >= 15 is 0 Å². The van der Waals surface area contributed by atoms with Crippen LogP contribution in [0.15, 0.2) is 18.2 Å². The van der Waals surface area contributed by atoms with Crippen LogP contribution in [0, 0.1) is 12.7 Å². The number of ether oxygens (including phenoxy) is 1. The molecule has 0 saturated heterocycles. The summed E-state index contributed by atoms with van der Waals surface area (Å²) in [5.41, 5.74) is 6.53. The van der Waals surface area contributed by atoms with Crippen molar-refractivity contribution in [2.24, 2.45) is 0 Å². The number of nitrogens with zero attached hydrogens (tertiary/aromatic N) is 1. The summed E-state index contributed by atoms with van der Waals surface area (Å²) >= 11 is 0. The number of carbonyl (C=O) groups excluding carboxylic acids is 1. The highest BCUT2D eigenvalue weighted by Gasteiger charge is 2.16. The van der Waals surface area contributed by atoms with Gasteiger partial charge in [0.15, 0.2) is 5.82 Å². The van der Waals surface area contributed by atoms with Crippen molar-refractivity contribution in [1.82, 2.24) is 10.2 Å². The number of aromatic amines is 1. The summed E-state index contributed by atoms with van der Waals surface area (Å²) in [6.45, 7) is 1.71. The first-order chi connectivity index (χ1) is 9.02. The minimum absolute atomic E-state index is 0.110. The Kier molecular flexibility index (Phi) is 3.37. The van der Waals surface area contributed by atoms with Crippen LogP contribution in [0.3, 0.4) is 0 Å². The lowest BCUT2D eigenvalue weighted by atomic mass is 10.2. The molecule has 0 radical (unpaired) electrons. The van der Waals surface area contributed by atoms with Gasteiger partial charge in [0.25, 0.3) is 5.91 Å². The standard InChI is InChI=1S/C12H13FN4O2/c1-6-10(14)11(17-16-6)15-12(18)8-4-3-7(19-2)5-9(8)13/h3-5H,14H2,1-2H3,(H2,15,16,17,18). The quantitative estimate of drug-likeness (QED) is 0.786. The van der Waals surface area contributed by atoms with Gasteiger partial charge in [0.2, 0.25) is 0 Å². The van der Waals surface area contributed by atoms with Crippen molar-refractivity contribution >= 4 is 17.4 Å². The summed E-state index contributed by atoms with van der Waals surface area (Å²) in [6, 6.07) is 3.96. The van der Waals surface area contributed by atoms with Crippen LogP contribution >= 0.6 is 0 Å². The Labute approximate surface area is 108 Å². The number of aromatic nitrogens is 2. The van der Waals surface area contributed by atoms with Gasteiger partial charge in [0, 0.05) is 6.07 Å². The molecule has 4 N–H and O–H groups in total. The molecule has 2 aromatic rings. The Balaban J connectivity index is 2.23. The fourth-order valence-electron chi connectivity index (χ4n) is 1.51. The van der Waals surface area contributed by atoms with Gasteiger partial charge >= 0.3 is 0 Å². The van der Waals surface area contributed by atoms with E-state index in [2.05, 4.69) is 15.5 Å². The highest BCUT2D eigenvalue weighted by molar-refractivity contribution is 6.05. The molecular formula is C12H13FN4O2. The molecule has 0 aliphatic rings. The number of aryl methyl sites for hydroxylation is 1. The highest BCUT2D eigenvalue weighted by atomic mass is 19.1. The minimum atomic E-state index is -0.678. The van der Waals surface area contributed by atoms with E-state index in [0.29, 0.717) is 17.1 Å². The Morgan fingerprint density at radius 2 is 2.26 bits per heavy atom. The van der Waals surface area contributed by atoms with Crippen molar-refractivity contribution in [3.8, 4) is 5.75 Å². The van der Waals surface area contributed by atoms with Gasteiger partial charge in [-0.1, -0.05) is 0 Å². The molecule has 0 atom stereocenters. The molecule has 0 bridgehead atoms. The van der Waals surface area contributed by atoms with Gasteiger partial charge in [0.1, 0.15) is 11.6 Å². The lowest BCUT2D eigenvalue weighted by Crippen LogP contribution is -2.15. The number of methoxy groups -OCH3 is 1. The highest BCUT2D eigenvalue weighted by Crippen LogP contribution is 2.21. The zero-order valence-corrected chi connectivity index (χ0v) is 10.5. The van der Waals surface area contributed by atoms with Gasteiger partial charge < -0.3 is 15.8 Å². The monoisotopic (exact) mass is 264 g/mol. The lowest BCUT2D eigenvalue weighted by molar-refractivity contribution is 0.102. The smallest absolute Gasteiger partial charge is 0.259 e. The number of H-pyrrole nitrogens is 1. The summed E-state index contributed by atoms with van der Waals surface area (Å²) in [5, 5.41) is 8.88. The van der Waals surface area contributed by atoms with Crippen molar-refractivity contribution in [3.63, 3.8) is 0 Å². The first-order valence-corrected chi connectivity index (χ1v) is 5.48. The molecule has 1 aromatic carbocycles. The molecule has 0 unspecified atom stereocenters. The maximum atomic E-state index is 13.7. The van der Waals surface area contributed by atoms with Gasteiger partial charge in [-0.2, -0.15) is 5.10 Å². The third kappa shape index (κ3) is 2.49. The van der Waals surface area contributed by atoms with Gasteiger partial charge in [-0.3, -0.25) is 9.89 Å². The minimum Gasteiger partial charge on any atom is -0.497 e. The predicted molar refractivity (Wildman–Crippen MR) is 68.6 cm³/mol. The normalized spacial score (nSPS) is 10.3. The van der Waals surface area contributed by atoms with Crippen LogP contribution in [-0.4, -0.2) is 23.2 Å². The molecule has 1 amide bonds. The number of nitrogens with two attached hydrogens (primary N) is 1. The number of amides is 1. The molecule has 0 fully saturated rings. The number of rotatable bonds is 3. The first kappa shape index (κ1) is 12.9. The maximum Gasteiger partial charge on any atom is 0.259 e. The molecule has 2 rings (SSSR count). The molecule has 0 aliphatic heterocycles. The Morgan fingerprint density at radius 1 is 1.53 bits per heavy atom. The average Bonchev–Trinajstić information content (AvgIpc) is 2.70.